The summed E-state index contributed by atoms with van der Waals surface area (Å²) in [5.74, 6) is 1.79. The van der Waals surface area contributed by atoms with Gasteiger partial charge < -0.3 is 5.32 Å². The first-order chi connectivity index (χ1) is 7.75. The van der Waals surface area contributed by atoms with Crippen molar-refractivity contribution >= 4 is 21.7 Å². The Bertz CT molecular complexity index is 334. The highest BCUT2D eigenvalue weighted by Gasteiger charge is 2.19. The highest BCUT2D eigenvalue weighted by atomic mass is 79.9. The van der Waals surface area contributed by atoms with Gasteiger partial charge in [0.15, 0.2) is 0 Å². The Labute approximate surface area is 106 Å². The molecule has 2 nitrogen and oxygen atoms in total. The number of anilines is 1. The second-order valence-electron chi connectivity index (χ2n) is 4.68. The third kappa shape index (κ3) is 3.21. The maximum Gasteiger partial charge on any atom is 0.127 e. The lowest BCUT2D eigenvalue weighted by Crippen LogP contribution is -2.28. The Hall–Kier alpha value is -0.570. The van der Waals surface area contributed by atoms with Crippen LogP contribution in [0.3, 0.4) is 0 Å². The van der Waals surface area contributed by atoms with E-state index in [2.05, 4.69) is 33.2 Å². The summed E-state index contributed by atoms with van der Waals surface area (Å²) in [7, 11) is 0. The lowest BCUT2D eigenvalue weighted by atomic mass is 9.84. The summed E-state index contributed by atoms with van der Waals surface area (Å²) < 4.78 is 0.897. The number of halogens is 1. The molecular formula is C13H19BrN2. The van der Waals surface area contributed by atoms with Gasteiger partial charge in [-0.3, -0.25) is 0 Å². The standard InChI is InChI=1S/C13H19BrN2/c1-10(11-6-3-2-4-7-11)15-13-9-5-8-12(14)16-13/h5,8-11H,2-4,6-7H2,1H3,(H,15,16). The van der Waals surface area contributed by atoms with E-state index in [1.54, 1.807) is 0 Å². The average molecular weight is 283 g/mol. The van der Waals surface area contributed by atoms with Crippen molar-refractivity contribution in [3.8, 4) is 0 Å². The van der Waals surface area contributed by atoms with Crippen LogP contribution in [0.2, 0.25) is 0 Å². The van der Waals surface area contributed by atoms with Crippen molar-refractivity contribution in [1.82, 2.24) is 4.98 Å². The van der Waals surface area contributed by atoms with Gasteiger partial charge in [0.25, 0.3) is 0 Å². The Morgan fingerprint density at radius 2 is 2.06 bits per heavy atom. The van der Waals surface area contributed by atoms with Crippen LogP contribution in [-0.2, 0) is 0 Å². The predicted octanol–water partition coefficient (Wildman–Crippen LogP) is 4.22. The molecule has 88 valence electrons. The van der Waals surface area contributed by atoms with E-state index in [1.807, 2.05) is 18.2 Å². The van der Waals surface area contributed by atoms with E-state index in [4.69, 9.17) is 0 Å². The second-order valence-corrected chi connectivity index (χ2v) is 5.49. The van der Waals surface area contributed by atoms with Gasteiger partial charge in [0.1, 0.15) is 10.4 Å². The molecule has 1 fully saturated rings. The number of nitrogens with one attached hydrogen (secondary N) is 1. The molecule has 3 heteroatoms. The van der Waals surface area contributed by atoms with Crippen molar-refractivity contribution in [3.05, 3.63) is 22.8 Å². The minimum atomic E-state index is 0.530. The Balaban J connectivity index is 1.93. The normalized spacial score (nSPS) is 19.4. The van der Waals surface area contributed by atoms with Crippen LogP contribution in [-0.4, -0.2) is 11.0 Å². The molecule has 0 amide bonds. The molecule has 1 aromatic rings. The molecular weight excluding hydrogens is 264 g/mol. The molecule has 0 aromatic carbocycles. The van der Waals surface area contributed by atoms with Crippen LogP contribution < -0.4 is 5.32 Å². The fourth-order valence-corrected chi connectivity index (χ4v) is 2.82. The number of hydrogen-bond acceptors (Lipinski definition) is 2. The van der Waals surface area contributed by atoms with Crippen LogP contribution >= 0.6 is 15.9 Å². The first-order valence-electron chi connectivity index (χ1n) is 6.15. The minimum absolute atomic E-state index is 0.530. The zero-order valence-corrected chi connectivity index (χ0v) is 11.3. The van der Waals surface area contributed by atoms with E-state index in [0.29, 0.717) is 6.04 Å². The summed E-state index contributed by atoms with van der Waals surface area (Å²) >= 11 is 3.40. The zero-order chi connectivity index (χ0) is 11.4. The van der Waals surface area contributed by atoms with Crippen LogP contribution in [0.1, 0.15) is 39.0 Å². The molecule has 16 heavy (non-hydrogen) atoms. The Morgan fingerprint density at radius 1 is 1.31 bits per heavy atom. The average Bonchev–Trinajstić information content (AvgIpc) is 2.30. The smallest absolute Gasteiger partial charge is 0.127 e. The second kappa shape index (κ2) is 5.67. The number of hydrogen-bond donors (Lipinski definition) is 1. The third-order valence-corrected chi connectivity index (χ3v) is 3.89. The predicted molar refractivity (Wildman–Crippen MR) is 71.6 cm³/mol. The molecule has 1 atom stereocenters. The molecule has 1 aromatic heterocycles. The van der Waals surface area contributed by atoms with Gasteiger partial charge in [0, 0.05) is 6.04 Å². The summed E-state index contributed by atoms with van der Waals surface area (Å²) in [5.41, 5.74) is 0. The molecule has 1 aliphatic rings. The highest BCUT2D eigenvalue weighted by Crippen LogP contribution is 2.27. The number of nitrogens with zero attached hydrogens (tertiary/aromatic N) is 1. The van der Waals surface area contributed by atoms with Gasteiger partial charge in [-0.05, 0) is 53.7 Å². The fraction of sp³-hybridized carbons (Fsp3) is 0.615. The van der Waals surface area contributed by atoms with E-state index < -0.39 is 0 Å². The quantitative estimate of drug-likeness (QED) is 0.840. The summed E-state index contributed by atoms with van der Waals surface area (Å²) in [6.07, 6.45) is 6.92. The maximum absolute atomic E-state index is 4.41. The van der Waals surface area contributed by atoms with Crippen LogP contribution in [0.15, 0.2) is 22.8 Å². The molecule has 0 radical (unpaired) electrons. The molecule has 0 spiro atoms. The monoisotopic (exact) mass is 282 g/mol. The van der Waals surface area contributed by atoms with E-state index in [1.165, 1.54) is 32.1 Å². The number of rotatable bonds is 3. The zero-order valence-electron chi connectivity index (χ0n) is 9.75. The SMILES string of the molecule is CC(Nc1cccc(Br)n1)C1CCCCC1. The summed E-state index contributed by atoms with van der Waals surface area (Å²) in [6, 6.07) is 6.54. The lowest BCUT2D eigenvalue weighted by molar-refractivity contribution is 0.328. The molecule has 0 aliphatic heterocycles. The van der Waals surface area contributed by atoms with Crippen LogP contribution in [0.25, 0.3) is 0 Å². The van der Waals surface area contributed by atoms with Crippen molar-refractivity contribution in [2.45, 2.75) is 45.1 Å². The molecule has 1 saturated carbocycles. The lowest BCUT2D eigenvalue weighted by Gasteiger charge is -2.28. The summed E-state index contributed by atoms with van der Waals surface area (Å²) in [5, 5.41) is 3.51. The number of aromatic nitrogens is 1. The van der Waals surface area contributed by atoms with Gasteiger partial charge in [-0.1, -0.05) is 25.3 Å². The van der Waals surface area contributed by atoms with Crippen molar-refractivity contribution in [3.63, 3.8) is 0 Å². The van der Waals surface area contributed by atoms with Crippen LogP contribution in [0, 0.1) is 5.92 Å². The van der Waals surface area contributed by atoms with Gasteiger partial charge in [-0.15, -0.1) is 0 Å². The summed E-state index contributed by atoms with van der Waals surface area (Å²) in [6.45, 7) is 2.28. The van der Waals surface area contributed by atoms with Gasteiger partial charge in [0.2, 0.25) is 0 Å². The van der Waals surface area contributed by atoms with Gasteiger partial charge in [-0.25, -0.2) is 4.98 Å². The topological polar surface area (TPSA) is 24.9 Å². The van der Waals surface area contributed by atoms with Gasteiger partial charge >= 0.3 is 0 Å². The van der Waals surface area contributed by atoms with Crippen molar-refractivity contribution < 1.29 is 0 Å². The number of pyridine rings is 1. The molecule has 1 unspecified atom stereocenters. The molecule has 1 heterocycles. The fourth-order valence-electron chi connectivity index (χ4n) is 2.47. The first kappa shape index (κ1) is 11.9. The van der Waals surface area contributed by atoms with E-state index in [-0.39, 0.29) is 0 Å². The van der Waals surface area contributed by atoms with E-state index in [0.717, 1.165) is 16.3 Å². The maximum atomic E-state index is 4.41. The third-order valence-electron chi connectivity index (χ3n) is 3.45. The minimum Gasteiger partial charge on any atom is -0.367 e. The molecule has 0 saturated heterocycles. The Kier molecular flexibility index (Phi) is 4.22. The molecule has 1 N–H and O–H groups in total. The largest absolute Gasteiger partial charge is 0.367 e. The highest BCUT2D eigenvalue weighted by molar-refractivity contribution is 9.10. The molecule has 0 bridgehead atoms. The Morgan fingerprint density at radius 3 is 2.75 bits per heavy atom. The van der Waals surface area contributed by atoms with Gasteiger partial charge in [-0.2, -0.15) is 0 Å². The first-order valence-corrected chi connectivity index (χ1v) is 6.94. The van der Waals surface area contributed by atoms with Crippen LogP contribution in [0.4, 0.5) is 5.82 Å². The van der Waals surface area contributed by atoms with Crippen LogP contribution in [0.5, 0.6) is 0 Å². The van der Waals surface area contributed by atoms with Crippen molar-refractivity contribution in [2.75, 3.05) is 5.32 Å². The van der Waals surface area contributed by atoms with Gasteiger partial charge in [0.05, 0.1) is 0 Å². The van der Waals surface area contributed by atoms with E-state index >= 15 is 0 Å². The molecule has 2 rings (SSSR count). The van der Waals surface area contributed by atoms with Crippen molar-refractivity contribution in [2.24, 2.45) is 5.92 Å². The summed E-state index contributed by atoms with van der Waals surface area (Å²) in [4.78, 5) is 4.41. The van der Waals surface area contributed by atoms with Crippen molar-refractivity contribution in [1.29, 1.82) is 0 Å². The van der Waals surface area contributed by atoms with E-state index in [9.17, 15) is 0 Å². The molecule has 1 aliphatic carbocycles.